The third-order valence-electron chi connectivity index (χ3n) is 4.49. The summed E-state index contributed by atoms with van der Waals surface area (Å²) in [6.07, 6.45) is 1.32. The summed E-state index contributed by atoms with van der Waals surface area (Å²) in [6.45, 7) is 12.7. The number of aromatic nitrogens is 1. The maximum atomic E-state index is 11.0. The minimum Gasteiger partial charge on any atom is -0.507 e. The summed E-state index contributed by atoms with van der Waals surface area (Å²) in [5.41, 5.74) is 3.80. The van der Waals surface area contributed by atoms with E-state index in [9.17, 15) is 9.67 Å². The van der Waals surface area contributed by atoms with Gasteiger partial charge in [-0.25, -0.2) is 0 Å². The van der Waals surface area contributed by atoms with Gasteiger partial charge in [0.05, 0.1) is 12.0 Å². The van der Waals surface area contributed by atoms with Crippen LogP contribution in [0, 0.1) is 0 Å². The Morgan fingerprint density at radius 2 is 1.54 bits per heavy atom. The van der Waals surface area contributed by atoms with Gasteiger partial charge in [-0.2, -0.15) is 0 Å². The van der Waals surface area contributed by atoms with Crippen LogP contribution in [0.1, 0.15) is 58.2 Å². The van der Waals surface area contributed by atoms with Gasteiger partial charge in [0.2, 0.25) is 0 Å². The number of hydrogen-bond donors (Lipinski definition) is 4. The van der Waals surface area contributed by atoms with Gasteiger partial charge in [-0.15, -0.1) is 0 Å². The number of phenolic OH excluding ortho intramolecular Hbond substituents is 1. The topological polar surface area (TPSA) is 103 Å². The molecule has 6 nitrogen and oxygen atoms in total. The Labute approximate surface area is 167 Å². The molecule has 0 atom stereocenters. The summed E-state index contributed by atoms with van der Waals surface area (Å²) in [5.74, 6) is 0.322. The van der Waals surface area contributed by atoms with E-state index in [1.54, 1.807) is 6.20 Å². The Morgan fingerprint density at radius 3 is 2.00 bits per heavy atom. The third kappa shape index (κ3) is 5.89. The lowest BCUT2D eigenvalue weighted by Gasteiger charge is -2.28. The van der Waals surface area contributed by atoms with Crippen LogP contribution in [0.25, 0.3) is 11.3 Å². The molecule has 154 valence electrons. The molecule has 2 aromatic rings. The SMILES string of the molecule is CC(C)(C)c1cc(-c2cc(CNCP(=O)(O)O)ccn2)cc(C(C)(C)C)c1O. The Morgan fingerprint density at radius 1 is 1.00 bits per heavy atom. The molecule has 7 heteroatoms. The number of phenols is 1. The van der Waals surface area contributed by atoms with E-state index >= 15 is 0 Å². The molecule has 1 aromatic heterocycles. The van der Waals surface area contributed by atoms with Crippen molar-refractivity contribution in [1.29, 1.82) is 0 Å². The van der Waals surface area contributed by atoms with Crippen molar-refractivity contribution in [3.63, 3.8) is 0 Å². The second-order valence-corrected chi connectivity index (χ2v) is 10.9. The van der Waals surface area contributed by atoms with Crippen LogP contribution in [0.4, 0.5) is 0 Å². The number of rotatable bonds is 5. The quantitative estimate of drug-likeness (QED) is 0.553. The van der Waals surface area contributed by atoms with Crippen LogP contribution >= 0.6 is 7.60 Å². The van der Waals surface area contributed by atoms with Crippen LogP contribution in [0.2, 0.25) is 0 Å². The average molecular weight is 406 g/mol. The van der Waals surface area contributed by atoms with E-state index in [1.807, 2.05) is 24.3 Å². The molecule has 0 saturated carbocycles. The van der Waals surface area contributed by atoms with Gasteiger partial charge in [0.15, 0.2) is 0 Å². The zero-order chi connectivity index (χ0) is 21.3. The van der Waals surface area contributed by atoms with Gasteiger partial charge in [0.1, 0.15) is 5.75 Å². The molecule has 0 aliphatic heterocycles. The highest BCUT2D eigenvalue weighted by Gasteiger charge is 2.27. The van der Waals surface area contributed by atoms with Crippen molar-refractivity contribution in [2.24, 2.45) is 0 Å². The highest BCUT2D eigenvalue weighted by Crippen LogP contribution is 2.41. The molecular formula is C21H31N2O4P. The number of nitrogens with one attached hydrogen (secondary N) is 1. The monoisotopic (exact) mass is 406 g/mol. The minimum atomic E-state index is -4.08. The fourth-order valence-electron chi connectivity index (χ4n) is 3.01. The first kappa shape index (κ1) is 22.6. The normalized spacial score (nSPS) is 13.0. The van der Waals surface area contributed by atoms with Gasteiger partial charge in [-0.1, -0.05) is 41.5 Å². The smallest absolute Gasteiger partial charge is 0.339 e. The van der Waals surface area contributed by atoms with Gasteiger partial charge in [-0.05, 0) is 40.7 Å². The molecule has 0 radical (unpaired) electrons. The first-order valence-corrected chi connectivity index (χ1v) is 11.1. The summed E-state index contributed by atoms with van der Waals surface area (Å²) in [6, 6.07) is 7.66. The van der Waals surface area contributed by atoms with E-state index in [2.05, 4.69) is 51.8 Å². The summed E-state index contributed by atoms with van der Waals surface area (Å²) in [4.78, 5) is 22.4. The van der Waals surface area contributed by atoms with Crippen LogP contribution in [0.5, 0.6) is 5.75 Å². The van der Waals surface area contributed by atoms with Gasteiger partial charge >= 0.3 is 7.60 Å². The summed E-state index contributed by atoms with van der Waals surface area (Å²) >= 11 is 0. The molecule has 2 rings (SSSR count). The zero-order valence-corrected chi connectivity index (χ0v) is 18.3. The Kier molecular flexibility index (Phi) is 6.41. The molecule has 0 spiro atoms. The number of hydrogen-bond acceptors (Lipinski definition) is 4. The first-order valence-electron chi connectivity index (χ1n) is 9.27. The van der Waals surface area contributed by atoms with E-state index in [-0.39, 0.29) is 17.1 Å². The van der Waals surface area contributed by atoms with Crippen molar-refractivity contribution in [2.45, 2.75) is 58.9 Å². The van der Waals surface area contributed by atoms with Crippen molar-refractivity contribution >= 4 is 7.60 Å². The van der Waals surface area contributed by atoms with Crippen LogP contribution in [-0.4, -0.2) is 26.2 Å². The summed E-state index contributed by atoms with van der Waals surface area (Å²) in [7, 11) is -4.08. The predicted octanol–water partition coefficient (Wildman–Crippen LogP) is 4.27. The molecular weight excluding hydrogens is 375 g/mol. The lowest BCUT2D eigenvalue weighted by molar-refractivity contribution is 0.368. The number of benzene rings is 1. The van der Waals surface area contributed by atoms with E-state index in [4.69, 9.17) is 9.79 Å². The number of aromatic hydroxyl groups is 1. The molecule has 4 N–H and O–H groups in total. The highest BCUT2D eigenvalue weighted by molar-refractivity contribution is 7.51. The molecule has 1 aromatic carbocycles. The van der Waals surface area contributed by atoms with E-state index in [1.165, 1.54) is 0 Å². The first-order chi connectivity index (χ1) is 12.7. The maximum absolute atomic E-state index is 11.0. The van der Waals surface area contributed by atoms with Crippen LogP contribution < -0.4 is 5.32 Å². The largest absolute Gasteiger partial charge is 0.507 e. The fourth-order valence-corrected chi connectivity index (χ4v) is 3.42. The van der Waals surface area contributed by atoms with E-state index < -0.39 is 7.60 Å². The second kappa shape index (κ2) is 7.96. The van der Waals surface area contributed by atoms with Gasteiger partial charge in [0, 0.05) is 29.4 Å². The van der Waals surface area contributed by atoms with Gasteiger partial charge in [0.25, 0.3) is 0 Å². The lowest BCUT2D eigenvalue weighted by Crippen LogP contribution is -2.17. The van der Waals surface area contributed by atoms with Crippen LogP contribution in [-0.2, 0) is 21.9 Å². The van der Waals surface area contributed by atoms with E-state index in [0.29, 0.717) is 12.3 Å². The number of pyridine rings is 1. The lowest BCUT2D eigenvalue weighted by atomic mass is 9.78. The fraction of sp³-hybridized carbons (Fsp3) is 0.476. The average Bonchev–Trinajstić information content (AvgIpc) is 2.52. The molecule has 0 fully saturated rings. The van der Waals surface area contributed by atoms with Crippen LogP contribution in [0.15, 0.2) is 30.5 Å². The third-order valence-corrected chi connectivity index (χ3v) is 5.13. The molecule has 0 aliphatic rings. The standard InChI is InChI=1S/C21H31N2O4P/c1-20(2,3)16-10-15(11-17(19(16)24)21(4,5)6)18-9-14(7-8-23-18)12-22-13-28(25,26)27/h7-11,22,24H,12-13H2,1-6H3,(H2,25,26,27). The Balaban J connectivity index is 2.47. The zero-order valence-electron chi connectivity index (χ0n) is 17.4. The summed E-state index contributed by atoms with van der Waals surface area (Å²) in [5, 5.41) is 13.6. The van der Waals surface area contributed by atoms with E-state index in [0.717, 1.165) is 27.9 Å². The molecule has 0 aliphatic carbocycles. The highest BCUT2D eigenvalue weighted by atomic mass is 31.2. The van der Waals surface area contributed by atoms with Crippen molar-refractivity contribution in [3.05, 3.63) is 47.2 Å². The second-order valence-electron chi connectivity index (χ2n) is 9.22. The van der Waals surface area contributed by atoms with Crippen LogP contribution in [0.3, 0.4) is 0 Å². The minimum absolute atomic E-state index is 0.233. The Bertz CT molecular complexity index is 857. The van der Waals surface area contributed by atoms with Gasteiger partial charge < -0.3 is 20.2 Å². The molecule has 0 bridgehead atoms. The van der Waals surface area contributed by atoms with Gasteiger partial charge in [-0.3, -0.25) is 9.55 Å². The van der Waals surface area contributed by atoms with Crippen molar-refractivity contribution < 1.29 is 19.5 Å². The van der Waals surface area contributed by atoms with Crippen molar-refractivity contribution in [3.8, 4) is 17.0 Å². The van der Waals surface area contributed by atoms with Crippen molar-refractivity contribution in [1.82, 2.24) is 10.3 Å². The molecule has 28 heavy (non-hydrogen) atoms. The molecule has 0 saturated heterocycles. The molecule has 0 amide bonds. The maximum Gasteiger partial charge on any atom is 0.339 e. The number of nitrogens with zero attached hydrogens (tertiary/aromatic N) is 1. The van der Waals surface area contributed by atoms with Crippen molar-refractivity contribution in [2.75, 3.05) is 6.29 Å². The molecule has 0 unspecified atom stereocenters. The molecule has 1 heterocycles. The predicted molar refractivity (Wildman–Crippen MR) is 112 cm³/mol. The summed E-state index contributed by atoms with van der Waals surface area (Å²) < 4.78 is 11.0. The Hall–Kier alpha value is -1.72.